The smallest absolute Gasteiger partial charge is 0.370 e. The third kappa shape index (κ3) is 6.31. The highest BCUT2D eigenvalue weighted by Crippen LogP contribution is 2.20. The standard InChI is InChI=1S/C11H11BrF3NO2S/c12-9-2-1-7(19)5-8(9)10(17)16-3-4-18-6-11(13,14)15/h1-2,5,19H,3-4,6H2,(H,16,17). The topological polar surface area (TPSA) is 38.3 Å². The Hall–Kier alpha value is -0.730. The van der Waals surface area contributed by atoms with Crippen LogP contribution >= 0.6 is 28.6 Å². The third-order valence-corrected chi connectivity index (χ3v) is 2.96. The Bertz CT molecular complexity index is 454. The van der Waals surface area contributed by atoms with Crippen molar-refractivity contribution in [3.05, 3.63) is 28.2 Å². The molecule has 106 valence electrons. The molecule has 0 saturated carbocycles. The van der Waals surface area contributed by atoms with E-state index in [1.54, 1.807) is 18.2 Å². The van der Waals surface area contributed by atoms with Crippen molar-refractivity contribution < 1.29 is 22.7 Å². The molecule has 0 fully saturated rings. The fraction of sp³-hybridized carbons (Fsp3) is 0.364. The highest BCUT2D eigenvalue weighted by molar-refractivity contribution is 9.10. The molecule has 1 amide bonds. The average molecular weight is 358 g/mol. The van der Waals surface area contributed by atoms with E-state index in [4.69, 9.17) is 0 Å². The summed E-state index contributed by atoms with van der Waals surface area (Å²) in [5, 5.41) is 2.46. The normalized spacial score (nSPS) is 11.4. The predicted molar refractivity (Wildman–Crippen MR) is 70.6 cm³/mol. The van der Waals surface area contributed by atoms with Gasteiger partial charge in [-0.25, -0.2) is 0 Å². The lowest BCUT2D eigenvalue weighted by molar-refractivity contribution is -0.173. The highest BCUT2D eigenvalue weighted by Gasteiger charge is 2.27. The molecule has 0 bridgehead atoms. The maximum atomic E-state index is 11.8. The summed E-state index contributed by atoms with van der Waals surface area (Å²) in [6.07, 6.45) is -4.35. The lowest BCUT2D eigenvalue weighted by atomic mass is 10.2. The quantitative estimate of drug-likeness (QED) is 0.627. The van der Waals surface area contributed by atoms with Crippen LogP contribution in [0.4, 0.5) is 13.2 Å². The fourth-order valence-corrected chi connectivity index (χ4v) is 1.84. The molecule has 1 N–H and O–H groups in total. The number of nitrogens with one attached hydrogen (secondary N) is 1. The van der Waals surface area contributed by atoms with E-state index >= 15 is 0 Å². The van der Waals surface area contributed by atoms with Gasteiger partial charge in [-0.1, -0.05) is 0 Å². The number of benzene rings is 1. The molecular weight excluding hydrogens is 347 g/mol. The maximum Gasteiger partial charge on any atom is 0.411 e. The zero-order chi connectivity index (χ0) is 14.5. The van der Waals surface area contributed by atoms with Crippen LogP contribution in [0.15, 0.2) is 27.6 Å². The van der Waals surface area contributed by atoms with Gasteiger partial charge in [0.25, 0.3) is 5.91 Å². The Balaban J connectivity index is 2.38. The largest absolute Gasteiger partial charge is 0.411 e. The van der Waals surface area contributed by atoms with Gasteiger partial charge in [0.05, 0.1) is 12.2 Å². The van der Waals surface area contributed by atoms with Gasteiger partial charge in [-0.3, -0.25) is 4.79 Å². The highest BCUT2D eigenvalue weighted by atomic mass is 79.9. The second-order valence-corrected chi connectivity index (χ2v) is 4.96. The SMILES string of the molecule is O=C(NCCOCC(F)(F)F)c1cc(S)ccc1Br. The summed E-state index contributed by atoms with van der Waals surface area (Å²) in [6.45, 7) is -1.53. The van der Waals surface area contributed by atoms with Crippen molar-refractivity contribution in [2.24, 2.45) is 0 Å². The van der Waals surface area contributed by atoms with Crippen LogP contribution in [0.25, 0.3) is 0 Å². The Morgan fingerprint density at radius 3 is 2.74 bits per heavy atom. The van der Waals surface area contributed by atoms with E-state index in [1.165, 1.54) is 0 Å². The fourth-order valence-electron chi connectivity index (χ4n) is 1.21. The van der Waals surface area contributed by atoms with Crippen LogP contribution in [-0.2, 0) is 4.74 Å². The maximum absolute atomic E-state index is 11.8. The first-order valence-corrected chi connectivity index (χ1v) is 6.45. The van der Waals surface area contributed by atoms with Crippen LogP contribution in [0.2, 0.25) is 0 Å². The molecule has 0 unspecified atom stereocenters. The Labute approximate surface area is 122 Å². The number of carbonyl (C=O) groups is 1. The van der Waals surface area contributed by atoms with Crippen molar-refractivity contribution in [2.75, 3.05) is 19.8 Å². The molecule has 0 atom stereocenters. The van der Waals surface area contributed by atoms with Crippen molar-refractivity contribution in [3.63, 3.8) is 0 Å². The van der Waals surface area contributed by atoms with Gasteiger partial charge >= 0.3 is 6.18 Å². The summed E-state index contributed by atoms with van der Waals surface area (Å²) in [5.41, 5.74) is 0.364. The summed E-state index contributed by atoms with van der Waals surface area (Å²) < 4.78 is 40.3. The van der Waals surface area contributed by atoms with Gasteiger partial charge in [0.15, 0.2) is 0 Å². The first kappa shape index (κ1) is 16.3. The van der Waals surface area contributed by atoms with Crippen molar-refractivity contribution in [2.45, 2.75) is 11.1 Å². The van der Waals surface area contributed by atoms with E-state index in [1.807, 2.05) is 0 Å². The van der Waals surface area contributed by atoms with E-state index in [9.17, 15) is 18.0 Å². The van der Waals surface area contributed by atoms with Gasteiger partial charge in [-0.05, 0) is 34.1 Å². The molecule has 1 aromatic rings. The third-order valence-electron chi connectivity index (χ3n) is 1.99. The summed E-state index contributed by atoms with van der Waals surface area (Å²) >= 11 is 7.31. The number of hydrogen-bond donors (Lipinski definition) is 2. The van der Waals surface area contributed by atoms with E-state index < -0.39 is 18.7 Å². The molecule has 0 aliphatic rings. The van der Waals surface area contributed by atoms with Crippen LogP contribution < -0.4 is 5.32 Å². The number of amides is 1. The number of alkyl halides is 3. The Morgan fingerprint density at radius 2 is 2.11 bits per heavy atom. The lowest BCUT2D eigenvalue weighted by Gasteiger charge is -2.09. The van der Waals surface area contributed by atoms with Crippen LogP contribution in [0.3, 0.4) is 0 Å². The van der Waals surface area contributed by atoms with Crippen molar-refractivity contribution in [3.8, 4) is 0 Å². The lowest BCUT2D eigenvalue weighted by Crippen LogP contribution is -2.29. The molecule has 0 aliphatic heterocycles. The number of rotatable bonds is 5. The van der Waals surface area contributed by atoms with E-state index in [0.717, 1.165) is 0 Å². The molecule has 3 nitrogen and oxygen atoms in total. The van der Waals surface area contributed by atoms with Crippen LogP contribution in [0, 0.1) is 0 Å². The number of ether oxygens (including phenoxy) is 1. The molecule has 0 heterocycles. The second kappa shape index (κ2) is 7.16. The molecular formula is C11H11BrF3NO2S. The number of thiol groups is 1. The first-order chi connectivity index (χ1) is 8.79. The molecule has 0 saturated heterocycles. The van der Waals surface area contributed by atoms with Gasteiger partial charge in [-0.2, -0.15) is 13.2 Å². The van der Waals surface area contributed by atoms with Gasteiger partial charge in [0, 0.05) is 15.9 Å². The van der Waals surface area contributed by atoms with Gasteiger partial charge in [0.2, 0.25) is 0 Å². The van der Waals surface area contributed by atoms with Gasteiger partial charge in [-0.15, -0.1) is 12.6 Å². The van der Waals surface area contributed by atoms with Crippen molar-refractivity contribution in [1.82, 2.24) is 5.32 Å². The second-order valence-electron chi connectivity index (χ2n) is 3.59. The minimum absolute atomic E-state index is 0.00183. The minimum Gasteiger partial charge on any atom is -0.370 e. The Morgan fingerprint density at radius 1 is 1.42 bits per heavy atom. The van der Waals surface area contributed by atoms with E-state index in [-0.39, 0.29) is 13.2 Å². The molecule has 1 aromatic carbocycles. The van der Waals surface area contributed by atoms with Crippen molar-refractivity contribution in [1.29, 1.82) is 0 Å². The van der Waals surface area contributed by atoms with Gasteiger partial charge in [0.1, 0.15) is 6.61 Å². The van der Waals surface area contributed by atoms with Crippen molar-refractivity contribution >= 4 is 34.5 Å². The Kier molecular flexibility index (Phi) is 6.15. The number of halogens is 4. The summed E-state index contributed by atoms with van der Waals surface area (Å²) in [4.78, 5) is 12.3. The summed E-state index contributed by atoms with van der Waals surface area (Å²) in [5.74, 6) is -0.404. The van der Waals surface area contributed by atoms with E-state index in [0.29, 0.717) is 14.9 Å². The molecule has 0 spiro atoms. The molecule has 0 aliphatic carbocycles. The monoisotopic (exact) mass is 357 g/mol. The molecule has 0 radical (unpaired) electrons. The van der Waals surface area contributed by atoms with Crippen LogP contribution in [0.5, 0.6) is 0 Å². The number of hydrogen-bond acceptors (Lipinski definition) is 3. The van der Waals surface area contributed by atoms with Crippen LogP contribution in [-0.4, -0.2) is 31.8 Å². The summed E-state index contributed by atoms with van der Waals surface area (Å²) in [6, 6.07) is 4.92. The molecule has 19 heavy (non-hydrogen) atoms. The molecule has 1 rings (SSSR count). The molecule has 8 heteroatoms. The summed E-state index contributed by atoms with van der Waals surface area (Å²) in [7, 11) is 0. The van der Waals surface area contributed by atoms with E-state index in [2.05, 4.69) is 38.6 Å². The number of carbonyl (C=O) groups excluding carboxylic acids is 1. The zero-order valence-electron chi connectivity index (χ0n) is 9.63. The predicted octanol–water partition coefficient (Wildman–Crippen LogP) is 3.05. The average Bonchev–Trinajstić information content (AvgIpc) is 2.30. The van der Waals surface area contributed by atoms with Gasteiger partial charge < -0.3 is 10.1 Å². The first-order valence-electron chi connectivity index (χ1n) is 5.21. The van der Waals surface area contributed by atoms with Crippen LogP contribution in [0.1, 0.15) is 10.4 Å². The minimum atomic E-state index is -4.35. The molecule has 0 aromatic heterocycles. The zero-order valence-corrected chi connectivity index (χ0v) is 12.1.